The van der Waals surface area contributed by atoms with Crippen molar-refractivity contribution in [3.63, 3.8) is 0 Å². The monoisotopic (exact) mass is 515 g/mol. The molecule has 0 aliphatic carbocycles. The van der Waals surface area contributed by atoms with Gasteiger partial charge in [-0.2, -0.15) is 0 Å². The van der Waals surface area contributed by atoms with E-state index >= 15 is 0 Å². The quantitative estimate of drug-likeness (QED) is 0.299. The summed E-state index contributed by atoms with van der Waals surface area (Å²) >= 11 is 0. The van der Waals surface area contributed by atoms with E-state index in [1.807, 2.05) is 6.92 Å². The topological polar surface area (TPSA) is 110 Å². The number of benzene rings is 2. The summed E-state index contributed by atoms with van der Waals surface area (Å²) in [5.74, 6) is -0.323. The number of rotatable bonds is 10. The lowest BCUT2D eigenvalue weighted by Crippen LogP contribution is -2.29. The van der Waals surface area contributed by atoms with Crippen LogP contribution in [0.1, 0.15) is 27.0 Å². The van der Waals surface area contributed by atoms with E-state index in [1.165, 1.54) is 19.4 Å². The predicted molar refractivity (Wildman–Crippen MR) is 138 cm³/mol. The number of amides is 1. The van der Waals surface area contributed by atoms with Crippen LogP contribution in [0, 0.1) is 12.7 Å². The Kier molecular flexibility index (Phi) is 8.27. The van der Waals surface area contributed by atoms with Crippen LogP contribution in [0.3, 0.4) is 0 Å². The van der Waals surface area contributed by atoms with Crippen molar-refractivity contribution in [3.05, 3.63) is 101 Å². The maximum absolute atomic E-state index is 14.0. The minimum absolute atomic E-state index is 0.0406. The molecule has 0 fully saturated rings. The first kappa shape index (κ1) is 26.3. The zero-order valence-corrected chi connectivity index (χ0v) is 20.9. The van der Waals surface area contributed by atoms with E-state index in [0.717, 1.165) is 11.1 Å². The summed E-state index contributed by atoms with van der Waals surface area (Å²) in [6.45, 7) is 1.64. The molecule has 0 saturated heterocycles. The SMILES string of the molecule is COC(=O)CNC(=O)c1c[nH]c(-c2cc(Oc3ccc(CC(=O)Cc4cc(C)ccc4F)cc3)ccn2)c1. The lowest BCUT2D eigenvalue weighted by Gasteiger charge is -2.08. The number of aromatic nitrogens is 2. The van der Waals surface area contributed by atoms with E-state index in [4.69, 9.17) is 4.74 Å². The molecule has 0 radical (unpaired) electrons. The van der Waals surface area contributed by atoms with Crippen LogP contribution in [0.5, 0.6) is 11.5 Å². The summed E-state index contributed by atoms with van der Waals surface area (Å²) in [7, 11) is 1.25. The van der Waals surface area contributed by atoms with Crippen molar-refractivity contribution in [2.24, 2.45) is 0 Å². The Morgan fingerprint density at radius 2 is 1.76 bits per heavy atom. The Bertz CT molecular complexity index is 1460. The first-order valence-electron chi connectivity index (χ1n) is 11.8. The Morgan fingerprint density at radius 3 is 2.53 bits per heavy atom. The van der Waals surface area contributed by atoms with Gasteiger partial charge in [0.1, 0.15) is 29.6 Å². The van der Waals surface area contributed by atoms with Crippen molar-refractivity contribution >= 4 is 17.7 Å². The molecule has 0 spiro atoms. The maximum Gasteiger partial charge on any atom is 0.325 e. The molecule has 4 rings (SSSR count). The van der Waals surface area contributed by atoms with Gasteiger partial charge in [0, 0.05) is 31.3 Å². The van der Waals surface area contributed by atoms with E-state index in [1.54, 1.807) is 60.8 Å². The molecule has 0 saturated carbocycles. The van der Waals surface area contributed by atoms with Crippen LogP contribution in [0.4, 0.5) is 4.39 Å². The van der Waals surface area contributed by atoms with Gasteiger partial charge in [0.25, 0.3) is 5.91 Å². The number of pyridine rings is 1. The highest BCUT2D eigenvalue weighted by atomic mass is 19.1. The lowest BCUT2D eigenvalue weighted by molar-refractivity contribution is -0.139. The second-order valence-corrected chi connectivity index (χ2v) is 8.67. The summed E-state index contributed by atoms with van der Waals surface area (Å²) in [6, 6.07) is 16.9. The van der Waals surface area contributed by atoms with Gasteiger partial charge in [-0.15, -0.1) is 0 Å². The van der Waals surface area contributed by atoms with E-state index < -0.39 is 11.9 Å². The number of carbonyl (C=O) groups is 3. The molecule has 194 valence electrons. The number of ether oxygens (including phenoxy) is 2. The lowest BCUT2D eigenvalue weighted by atomic mass is 10.0. The molecule has 0 bridgehead atoms. The van der Waals surface area contributed by atoms with E-state index in [0.29, 0.717) is 34.0 Å². The number of esters is 1. The van der Waals surface area contributed by atoms with Crippen molar-refractivity contribution < 1.29 is 28.2 Å². The summed E-state index contributed by atoms with van der Waals surface area (Å²) in [6.07, 6.45) is 3.33. The second-order valence-electron chi connectivity index (χ2n) is 8.67. The van der Waals surface area contributed by atoms with E-state index in [2.05, 4.69) is 20.0 Å². The normalized spacial score (nSPS) is 10.6. The minimum Gasteiger partial charge on any atom is -0.468 e. The number of ketones is 1. The molecule has 0 atom stereocenters. The molecular weight excluding hydrogens is 489 g/mol. The van der Waals surface area contributed by atoms with Crippen LogP contribution in [-0.2, 0) is 27.2 Å². The molecule has 1 amide bonds. The van der Waals surface area contributed by atoms with Crippen molar-refractivity contribution in [3.8, 4) is 22.9 Å². The average molecular weight is 516 g/mol. The molecule has 38 heavy (non-hydrogen) atoms. The second kappa shape index (κ2) is 12.0. The molecule has 0 aliphatic rings. The van der Waals surface area contributed by atoms with Crippen LogP contribution < -0.4 is 10.1 Å². The summed E-state index contributed by atoms with van der Waals surface area (Å²) in [5, 5.41) is 2.47. The van der Waals surface area contributed by atoms with Crippen LogP contribution in [-0.4, -0.2) is 41.3 Å². The van der Waals surface area contributed by atoms with Gasteiger partial charge in [-0.05, 0) is 48.4 Å². The van der Waals surface area contributed by atoms with Gasteiger partial charge in [-0.3, -0.25) is 19.4 Å². The zero-order chi connectivity index (χ0) is 27.1. The molecular formula is C29H26FN3O5. The Hall–Kier alpha value is -4.79. The number of hydrogen-bond donors (Lipinski definition) is 2. The Balaban J connectivity index is 1.36. The molecule has 2 heterocycles. The number of hydrogen-bond acceptors (Lipinski definition) is 6. The third-order valence-electron chi connectivity index (χ3n) is 5.72. The van der Waals surface area contributed by atoms with Crippen LogP contribution in [0.15, 0.2) is 73.1 Å². The van der Waals surface area contributed by atoms with Crippen molar-refractivity contribution in [2.75, 3.05) is 13.7 Å². The highest BCUT2D eigenvalue weighted by Crippen LogP contribution is 2.26. The molecule has 2 aromatic carbocycles. The fourth-order valence-electron chi connectivity index (χ4n) is 3.77. The van der Waals surface area contributed by atoms with Crippen LogP contribution in [0.25, 0.3) is 11.4 Å². The highest BCUT2D eigenvalue weighted by Gasteiger charge is 2.13. The summed E-state index contributed by atoms with van der Waals surface area (Å²) in [4.78, 5) is 43.2. The third kappa shape index (κ3) is 6.91. The molecule has 2 aromatic heterocycles. The number of Topliss-reactive ketones (excluding diaryl/α,β-unsaturated/α-hetero) is 1. The van der Waals surface area contributed by atoms with Gasteiger partial charge in [0.05, 0.1) is 24.1 Å². The first-order valence-corrected chi connectivity index (χ1v) is 11.8. The molecule has 2 N–H and O–H groups in total. The predicted octanol–water partition coefficient (Wildman–Crippen LogP) is 4.57. The fraction of sp³-hybridized carbons (Fsp3) is 0.172. The molecule has 8 nitrogen and oxygen atoms in total. The molecule has 0 unspecified atom stereocenters. The van der Waals surface area contributed by atoms with Crippen LogP contribution >= 0.6 is 0 Å². The Labute approximate surface area is 218 Å². The number of H-pyrrole nitrogens is 1. The standard InChI is InChI=1S/C29H26FN3O5/c1-18-3-8-25(30)20(11-18)13-22(34)12-19-4-6-23(7-5-19)38-24-9-10-31-27(15-24)26-14-21(16-32-26)29(36)33-17-28(35)37-2/h3-11,14-16,32H,12-13,17H2,1-2H3,(H,33,36). The smallest absolute Gasteiger partial charge is 0.325 e. The molecule has 9 heteroatoms. The summed E-state index contributed by atoms with van der Waals surface area (Å²) in [5.41, 5.74) is 3.60. The van der Waals surface area contributed by atoms with Gasteiger partial charge in [-0.1, -0.05) is 29.8 Å². The largest absolute Gasteiger partial charge is 0.468 e. The number of nitrogens with one attached hydrogen (secondary N) is 2. The van der Waals surface area contributed by atoms with Crippen molar-refractivity contribution in [1.82, 2.24) is 15.3 Å². The number of nitrogens with zero attached hydrogens (tertiary/aromatic N) is 1. The van der Waals surface area contributed by atoms with Gasteiger partial charge >= 0.3 is 5.97 Å². The van der Waals surface area contributed by atoms with Gasteiger partial charge < -0.3 is 19.8 Å². The summed E-state index contributed by atoms with van der Waals surface area (Å²) < 4.78 is 24.4. The number of carbonyl (C=O) groups excluding carboxylic acids is 3. The number of halogens is 1. The van der Waals surface area contributed by atoms with Crippen molar-refractivity contribution in [2.45, 2.75) is 19.8 Å². The van der Waals surface area contributed by atoms with E-state index in [9.17, 15) is 18.8 Å². The Morgan fingerprint density at radius 1 is 0.974 bits per heavy atom. The number of aryl methyl sites for hydroxylation is 1. The molecule has 4 aromatic rings. The zero-order valence-electron chi connectivity index (χ0n) is 20.9. The molecule has 0 aliphatic heterocycles. The van der Waals surface area contributed by atoms with Crippen LogP contribution in [0.2, 0.25) is 0 Å². The van der Waals surface area contributed by atoms with Gasteiger partial charge in [0.2, 0.25) is 0 Å². The first-order chi connectivity index (χ1) is 18.3. The number of aromatic amines is 1. The highest BCUT2D eigenvalue weighted by molar-refractivity contribution is 5.96. The van der Waals surface area contributed by atoms with E-state index in [-0.39, 0.29) is 31.0 Å². The third-order valence-corrected chi connectivity index (χ3v) is 5.72. The maximum atomic E-state index is 14.0. The van der Waals surface area contributed by atoms with Gasteiger partial charge in [-0.25, -0.2) is 4.39 Å². The number of methoxy groups -OCH3 is 1. The fourth-order valence-corrected chi connectivity index (χ4v) is 3.77. The average Bonchev–Trinajstić information content (AvgIpc) is 3.41. The van der Waals surface area contributed by atoms with Crippen molar-refractivity contribution in [1.29, 1.82) is 0 Å². The minimum atomic E-state index is -0.544. The van der Waals surface area contributed by atoms with Gasteiger partial charge in [0.15, 0.2) is 0 Å².